The molecule has 0 saturated carbocycles. The fourth-order valence-electron chi connectivity index (χ4n) is 3.32. The minimum Gasteiger partial charge on any atom is -0.456 e. The number of hydrogen-bond acceptors (Lipinski definition) is 5. The Balaban J connectivity index is 1.95. The van der Waals surface area contributed by atoms with Gasteiger partial charge in [0, 0.05) is 18.5 Å². The molecule has 1 aromatic heterocycles. The van der Waals surface area contributed by atoms with E-state index in [4.69, 9.17) is 19.2 Å². The van der Waals surface area contributed by atoms with Gasteiger partial charge in [-0.25, -0.2) is 9.79 Å². The highest BCUT2D eigenvalue weighted by Gasteiger charge is 2.29. The van der Waals surface area contributed by atoms with Crippen LogP contribution in [0.2, 0.25) is 0 Å². The first kappa shape index (κ1) is 14.1. The molecule has 2 aliphatic rings. The molecule has 0 saturated heterocycles. The van der Waals surface area contributed by atoms with E-state index in [1.807, 2.05) is 54.1 Å². The second kappa shape index (κ2) is 5.11. The molecule has 0 amide bonds. The highest BCUT2D eigenvalue weighted by Crippen LogP contribution is 2.36. The Morgan fingerprint density at radius 3 is 2.60 bits per heavy atom. The fourth-order valence-corrected chi connectivity index (χ4v) is 3.32. The van der Waals surface area contributed by atoms with Crippen molar-refractivity contribution >= 4 is 22.6 Å². The zero-order valence-corrected chi connectivity index (χ0v) is 13.5. The van der Waals surface area contributed by atoms with Crippen LogP contribution in [-0.2, 0) is 18.4 Å². The summed E-state index contributed by atoms with van der Waals surface area (Å²) >= 11 is 0. The van der Waals surface area contributed by atoms with Crippen LogP contribution in [-0.4, -0.2) is 17.3 Å². The molecule has 0 fully saturated rings. The van der Waals surface area contributed by atoms with Gasteiger partial charge in [-0.1, -0.05) is 18.2 Å². The largest absolute Gasteiger partial charge is 0.456 e. The molecule has 0 unspecified atom stereocenters. The number of benzene rings is 2. The molecule has 5 rings (SSSR count). The number of esters is 1. The molecule has 0 atom stereocenters. The Labute approximate surface area is 142 Å². The summed E-state index contributed by atoms with van der Waals surface area (Å²) in [5.74, 6) is 1.00. The third-order valence-electron chi connectivity index (χ3n) is 4.58. The van der Waals surface area contributed by atoms with Crippen molar-refractivity contribution < 1.29 is 19.0 Å². The van der Waals surface area contributed by atoms with Crippen molar-refractivity contribution in [1.82, 2.24) is 4.57 Å². The predicted octanol–water partition coefficient (Wildman–Crippen LogP) is 2.81. The van der Waals surface area contributed by atoms with Crippen LogP contribution in [0.15, 0.2) is 47.5 Å². The van der Waals surface area contributed by atoms with Crippen molar-refractivity contribution in [3.8, 4) is 11.5 Å². The molecule has 2 aromatic carbocycles. The number of rotatable bonds is 1. The summed E-state index contributed by atoms with van der Waals surface area (Å²) in [6.45, 7) is 0.439. The van der Waals surface area contributed by atoms with E-state index in [1.165, 1.54) is 0 Å². The first-order chi connectivity index (χ1) is 12.2. The maximum absolute atomic E-state index is 12.4. The number of carbonyl (C=O) groups excluding carboxylic acids is 1. The molecular formula is C19H14N2O4. The molecule has 0 bridgehead atoms. The summed E-state index contributed by atoms with van der Waals surface area (Å²) in [5.41, 5.74) is 3.01. The van der Waals surface area contributed by atoms with Crippen molar-refractivity contribution in [2.24, 2.45) is 12.0 Å². The highest BCUT2D eigenvalue weighted by molar-refractivity contribution is 5.97. The number of cyclic esters (lactones) is 1. The van der Waals surface area contributed by atoms with Crippen LogP contribution in [0.5, 0.6) is 11.5 Å². The molecule has 0 radical (unpaired) electrons. The van der Waals surface area contributed by atoms with Crippen LogP contribution in [0.25, 0.3) is 10.9 Å². The second-order valence-electron chi connectivity index (χ2n) is 5.98. The summed E-state index contributed by atoms with van der Waals surface area (Å²) < 4.78 is 18.2. The molecule has 25 heavy (non-hydrogen) atoms. The van der Waals surface area contributed by atoms with Crippen LogP contribution in [0.4, 0.5) is 5.69 Å². The topological polar surface area (TPSA) is 62.0 Å². The second-order valence-corrected chi connectivity index (χ2v) is 5.98. The minimum absolute atomic E-state index is 0.197. The van der Waals surface area contributed by atoms with Crippen LogP contribution in [0.3, 0.4) is 0 Å². The number of para-hydroxylation sites is 1. The van der Waals surface area contributed by atoms with Crippen molar-refractivity contribution in [3.05, 3.63) is 59.1 Å². The molecule has 3 heterocycles. The molecule has 6 heteroatoms. The summed E-state index contributed by atoms with van der Waals surface area (Å²) in [6.07, 6.45) is 0. The van der Waals surface area contributed by atoms with Crippen molar-refractivity contribution in [1.29, 1.82) is 0 Å². The van der Waals surface area contributed by atoms with E-state index >= 15 is 0 Å². The maximum atomic E-state index is 12.4. The quantitative estimate of drug-likeness (QED) is 0.642. The summed E-state index contributed by atoms with van der Waals surface area (Å²) in [5, 5.41) is 1.43. The van der Waals surface area contributed by atoms with E-state index in [9.17, 15) is 4.79 Å². The van der Waals surface area contributed by atoms with Gasteiger partial charge in [0.25, 0.3) is 0 Å². The fraction of sp³-hybridized carbons (Fsp3) is 0.158. The molecule has 6 nitrogen and oxygen atoms in total. The average molecular weight is 334 g/mol. The molecule has 0 spiro atoms. The van der Waals surface area contributed by atoms with Gasteiger partial charge >= 0.3 is 5.97 Å². The first-order valence-corrected chi connectivity index (χ1v) is 7.94. The van der Waals surface area contributed by atoms with Gasteiger partial charge in [0.1, 0.15) is 12.2 Å². The van der Waals surface area contributed by atoms with Crippen LogP contribution >= 0.6 is 0 Å². The number of ether oxygens (including phenoxy) is 3. The smallest absolute Gasteiger partial charge is 0.342 e. The lowest BCUT2D eigenvalue weighted by atomic mass is 10.1. The lowest BCUT2D eigenvalue weighted by Gasteiger charge is -2.12. The zero-order chi connectivity index (χ0) is 17.0. The van der Waals surface area contributed by atoms with Gasteiger partial charge < -0.3 is 18.8 Å². The molecule has 0 aliphatic carbocycles. The molecular weight excluding hydrogens is 320 g/mol. The maximum Gasteiger partial charge on any atom is 0.342 e. The third-order valence-corrected chi connectivity index (χ3v) is 4.58. The first-order valence-electron chi connectivity index (χ1n) is 7.94. The minimum atomic E-state index is -0.347. The molecule has 124 valence electrons. The molecule has 3 aromatic rings. The summed E-state index contributed by atoms with van der Waals surface area (Å²) in [6, 6.07) is 13.4. The number of aryl methyl sites for hydroxylation is 1. The van der Waals surface area contributed by atoms with Gasteiger partial charge in [-0.15, -0.1) is 0 Å². The standard InChI is InChI=1S/C19H14N2O4/c1-21-13-8-16-15(24-10-25-16)7-12(13)18(17-14(21)9-23-19(17)22)20-11-5-3-2-4-6-11/h2-8H,9-10H2,1H3. The van der Waals surface area contributed by atoms with E-state index in [2.05, 4.69) is 0 Å². The van der Waals surface area contributed by atoms with Gasteiger partial charge in [-0.05, 0) is 18.2 Å². The number of pyridine rings is 1. The number of nitrogens with zero attached hydrogens (tertiary/aromatic N) is 2. The van der Waals surface area contributed by atoms with E-state index in [-0.39, 0.29) is 19.4 Å². The highest BCUT2D eigenvalue weighted by atomic mass is 16.7. The van der Waals surface area contributed by atoms with Gasteiger partial charge in [0.2, 0.25) is 6.79 Å². The zero-order valence-electron chi connectivity index (χ0n) is 13.5. The average Bonchev–Trinajstić information content (AvgIpc) is 3.24. The Bertz CT molecular complexity index is 1100. The number of hydrogen-bond donors (Lipinski definition) is 0. The Morgan fingerprint density at radius 1 is 1.04 bits per heavy atom. The van der Waals surface area contributed by atoms with Crippen LogP contribution in [0.1, 0.15) is 16.1 Å². The van der Waals surface area contributed by atoms with Gasteiger partial charge in [-0.2, -0.15) is 0 Å². The Morgan fingerprint density at radius 2 is 1.80 bits per heavy atom. The summed E-state index contributed by atoms with van der Waals surface area (Å²) in [4.78, 5) is 17.1. The van der Waals surface area contributed by atoms with E-state index in [0.717, 1.165) is 22.3 Å². The monoisotopic (exact) mass is 334 g/mol. The van der Waals surface area contributed by atoms with Gasteiger partial charge in [0.15, 0.2) is 11.5 Å². The van der Waals surface area contributed by atoms with E-state index in [0.29, 0.717) is 22.4 Å². The Hall–Kier alpha value is -3.28. The van der Waals surface area contributed by atoms with Crippen LogP contribution in [0, 0.1) is 0 Å². The van der Waals surface area contributed by atoms with Gasteiger partial charge in [-0.3, -0.25) is 0 Å². The van der Waals surface area contributed by atoms with Crippen LogP contribution < -0.4 is 14.8 Å². The van der Waals surface area contributed by atoms with Gasteiger partial charge in [0.05, 0.1) is 22.3 Å². The van der Waals surface area contributed by atoms with Crippen molar-refractivity contribution in [3.63, 3.8) is 0 Å². The Kier molecular flexibility index (Phi) is 2.88. The van der Waals surface area contributed by atoms with Crippen molar-refractivity contribution in [2.45, 2.75) is 6.61 Å². The van der Waals surface area contributed by atoms with E-state index < -0.39 is 0 Å². The van der Waals surface area contributed by atoms with E-state index in [1.54, 1.807) is 0 Å². The van der Waals surface area contributed by atoms with Crippen molar-refractivity contribution in [2.75, 3.05) is 6.79 Å². The SMILES string of the molecule is Cn1c2c(c(=Nc3ccccc3)c3cc4c(cc31)OCO4)C(=O)OC2. The normalized spacial score (nSPS) is 15.6. The molecule has 0 N–H and O–H groups in total. The third kappa shape index (κ3) is 2.04. The lowest BCUT2D eigenvalue weighted by molar-refractivity contribution is 0.0531. The number of aromatic nitrogens is 1. The summed E-state index contributed by atoms with van der Waals surface area (Å²) in [7, 11) is 1.91. The lowest BCUT2D eigenvalue weighted by Crippen LogP contribution is -2.19. The number of carbonyl (C=O) groups is 1. The number of fused-ring (bicyclic) bond motifs is 3. The molecule has 2 aliphatic heterocycles. The predicted molar refractivity (Wildman–Crippen MR) is 89.8 cm³/mol.